The first-order chi connectivity index (χ1) is 15.7. The van der Waals surface area contributed by atoms with Gasteiger partial charge in [-0.1, -0.05) is 48.4 Å². The van der Waals surface area contributed by atoms with Gasteiger partial charge in [-0.25, -0.2) is 23.1 Å². The maximum atomic E-state index is 12.7. The molecular weight excluding hydrogens is 460 g/mol. The summed E-state index contributed by atoms with van der Waals surface area (Å²) in [4.78, 5) is 21.7. The van der Waals surface area contributed by atoms with Gasteiger partial charge in [-0.05, 0) is 61.7 Å². The number of nitrogens with zero attached hydrogens (tertiary/aromatic N) is 3. The summed E-state index contributed by atoms with van der Waals surface area (Å²) >= 11 is 6.47. The number of halogens is 1. The number of aryl methyl sites for hydroxylation is 3. The van der Waals surface area contributed by atoms with Gasteiger partial charge in [0.1, 0.15) is 17.0 Å². The zero-order valence-corrected chi connectivity index (χ0v) is 20.0. The van der Waals surface area contributed by atoms with Crippen molar-refractivity contribution < 1.29 is 13.2 Å². The van der Waals surface area contributed by atoms with Crippen molar-refractivity contribution in [3.05, 3.63) is 87.8 Å². The molecule has 170 valence electrons. The maximum absolute atomic E-state index is 12.7. The van der Waals surface area contributed by atoms with Gasteiger partial charge in [0.15, 0.2) is 5.65 Å². The van der Waals surface area contributed by atoms with E-state index in [-0.39, 0.29) is 10.6 Å². The number of imidazole rings is 1. The average Bonchev–Trinajstić information content (AvgIpc) is 3.09. The zero-order chi connectivity index (χ0) is 23.8. The Morgan fingerprint density at radius 1 is 1.03 bits per heavy atom. The molecule has 7 nitrogen and oxygen atoms in total. The molecule has 2 aromatic heterocycles. The van der Waals surface area contributed by atoms with Crippen LogP contribution < -0.4 is 4.72 Å². The molecule has 4 aromatic rings. The minimum atomic E-state index is -4.02. The molecule has 0 fully saturated rings. The molecule has 0 atom stereocenters. The van der Waals surface area contributed by atoms with Crippen molar-refractivity contribution in [1.82, 2.24) is 19.3 Å². The number of sulfonamides is 1. The van der Waals surface area contributed by atoms with E-state index in [1.165, 1.54) is 18.2 Å². The Morgan fingerprint density at radius 3 is 2.42 bits per heavy atom. The van der Waals surface area contributed by atoms with Crippen LogP contribution in [0, 0.1) is 13.8 Å². The van der Waals surface area contributed by atoms with Crippen LogP contribution in [-0.2, 0) is 23.0 Å². The molecule has 33 heavy (non-hydrogen) atoms. The summed E-state index contributed by atoms with van der Waals surface area (Å²) < 4.78 is 29.1. The standard InChI is InChI=1S/C24H23ClN4O3S/c1-4-17-7-8-18(20(25)13-17)14-29-16(3)26-21-11-12-22(27-23(21)29)24(30)28-33(31,32)19-9-5-15(2)6-10-19/h5-13H,4,14H2,1-3H3,(H,28,30). The van der Waals surface area contributed by atoms with Crippen molar-refractivity contribution in [3.8, 4) is 0 Å². The van der Waals surface area contributed by atoms with Crippen LogP contribution in [0.3, 0.4) is 0 Å². The molecule has 2 heterocycles. The zero-order valence-electron chi connectivity index (χ0n) is 18.5. The molecule has 0 saturated heterocycles. The second kappa shape index (κ2) is 8.96. The Bertz CT molecular complexity index is 1460. The van der Waals surface area contributed by atoms with Crippen LogP contribution in [-0.4, -0.2) is 28.9 Å². The molecule has 9 heteroatoms. The summed E-state index contributed by atoms with van der Waals surface area (Å²) in [7, 11) is -4.02. The first kappa shape index (κ1) is 22.9. The molecule has 4 rings (SSSR count). The Labute approximate surface area is 197 Å². The van der Waals surface area contributed by atoms with Crippen LogP contribution in [0.2, 0.25) is 5.02 Å². The number of rotatable bonds is 6. The highest BCUT2D eigenvalue weighted by Gasteiger charge is 2.21. The summed E-state index contributed by atoms with van der Waals surface area (Å²) in [5.41, 5.74) is 4.01. The Kier molecular flexibility index (Phi) is 6.23. The summed E-state index contributed by atoms with van der Waals surface area (Å²) in [5.74, 6) is -0.105. The minimum Gasteiger partial charge on any atom is -0.308 e. The Balaban J connectivity index is 1.65. The van der Waals surface area contributed by atoms with Gasteiger partial charge < -0.3 is 4.57 Å². The third kappa shape index (κ3) is 4.77. The highest BCUT2D eigenvalue weighted by Crippen LogP contribution is 2.23. The number of nitrogens with one attached hydrogen (secondary N) is 1. The third-order valence-electron chi connectivity index (χ3n) is 5.43. The lowest BCUT2D eigenvalue weighted by Gasteiger charge is -2.10. The number of carbonyl (C=O) groups excluding carboxylic acids is 1. The number of pyridine rings is 1. The van der Waals surface area contributed by atoms with E-state index in [2.05, 4.69) is 21.6 Å². The van der Waals surface area contributed by atoms with E-state index in [4.69, 9.17) is 11.6 Å². The van der Waals surface area contributed by atoms with E-state index < -0.39 is 15.9 Å². The summed E-state index contributed by atoms with van der Waals surface area (Å²) in [6, 6.07) is 15.3. The SMILES string of the molecule is CCc1ccc(Cn2c(C)nc3ccc(C(=O)NS(=O)(=O)c4ccc(C)cc4)nc32)c(Cl)c1. The lowest BCUT2D eigenvalue weighted by molar-refractivity contribution is 0.0977. The van der Waals surface area contributed by atoms with Gasteiger partial charge in [-0.2, -0.15) is 0 Å². The molecular formula is C24H23ClN4O3S. The van der Waals surface area contributed by atoms with E-state index in [9.17, 15) is 13.2 Å². The predicted molar refractivity (Wildman–Crippen MR) is 128 cm³/mol. The van der Waals surface area contributed by atoms with Gasteiger partial charge in [0.2, 0.25) is 0 Å². The molecule has 0 saturated carbocycles. The van der Waals surface area contributed by atoms with E-state index in [0.717, 1.165) is 23.1 Å². The van der Waals surface area contributed by atoms with E-state index in [1.54, 1.807) is 18.2 Å². The average molecular weight is 483 g/mol. The summed E-state index contributed by atoms with van der Waals surface area (Å²) in [5, 5.41) is 0.647. The van der Waals surface area contributed by atoms with Crippen LogP contribution in [0.1, 0.15) is 39.9 Å². The highest BCUT2D eigenvalue weighted by atomic mass is 35.5. The van der Waals surface area contributed by atoms with E-state index >= 15 is 0 Å². The number of aromatic nitrogens is 3. The number of fused-ring (bicyclic) bond motifs is 1. The number of carbonyl (C=O) groups is 1. The van der Waals surface area contributed by atoms with Crippen LogP contribution in [0.15, 0.2) is 59.5 Å². The van der Waals surface area contributed by atoms with Gasteiger partial charge in [0, 0.05) is 5.02 Å². The van der Waals surface area contributed by atoms with Crippen LogP contribution in [0.25, 0.3) is 11.2 Å². The third-order valence-corrected chi connectivity index (χ3v) is 7.13. The molecule has 0 unspecified atom stereocenters. The number of amides is 1. The lowest BCUT2D eigenvalue weighted by atomic mass is 10.1. The fraction of sp³-hybridized carbons (Fsp3) is 0.208. The predicted octanol–water partition coefficient (Wildman–Crippen LogP) is 4.43. The smallest absolute Gasteiger partial charge is 0.283 e. The van der Waals surface area contributed by atoms with Crippen molar-refractivity contribution in [1.29, 1.82) is 0 Å². The normalized spacial score (nSPS) is 11.6. The first-order valence-corrected chi connectivity index (χ1v) is 12.3. The lowest BCUT2D eigenvalue weighted by Crippen LogP contribution is -2.31. The van der Waals surface area contributed by atoms with Crippen molar-refractivity contribution in [2.75, 3.05) is 0 Å². The van der Waals surface area contributed by atoms with Crippen molar-refractivity contribution >= 4 is 38.7 Å². The number of hydrogen-bond donors (Lipinski definition) is 1. The maximum Gasteiger partial charge on any atom is 0.283 e. The summed E-state index contributed by atoms with van der Waals surface area (Å²) in [6.45, 7) is 6.18. The highest BCUT2D eigenvalue weighted by molar-refractivity contribution is 7.90. The second-order valence-corrected chi connectivity index (χ2v) is 9.90. The van der Waals surface area contributed by atoms with Crippen LogP contribution in [0.4, 0.5) is 0 Å². The van der Waals surface area contributed by atoms with Crippen molar-refractivity contribution in [2.24, 2.45) is 0 Å². The fourth-order valence-electron chi connectivity index (χ4n) is 3.49. The molecule has 0 spiro atoms. The van der Waals surface area contributed by atoms with Crippen LogP contribution >= 0.6 is 11.6 Å². The molecule has 0 aliphatic carbocycles. The quantitative estimate of drug-likeness (QED) is 0.438. The van der Waals surface area contributed by atoms with Gasteiger partial charge in [0.05, 0.1) is 11.4 Å². The van der Waals surface area contributed by atoms with Crippen molar-refractivity contribution in [2.45, 2.75) is 38.6 Å². The fourth-order valence-corrected chi connectivity index (χ4v) is 4.71. The monoisotopic (exact) mass is 482 g/mol. The Hall–Kier alpha value is -3.23. The number of benzene rings is 2. The van der Waals surface area contributed by atoms with Gasteiger partial charge >= 0.3 is 0 Å². The van der Waals surface area contributed by atoms with E-state index in [0.29, 0.717) is 28.6 Å². The molecule has 0 bridgehead atoms. The topological polar surface area (TPSA) is 94.0 Å². The van der Waals surface area contributed by atoms with Gasteiger partial charge in [-0.15, -0.1) is 0 Å². The van der Waals surface area contributed by atoms with Crippen LogP contribution in [0.5, 0.6) is 0 Å². The summed E-state index contributed by atoms with van der Waals surface area (Å²) in [6.07, 6.45) is 0.887. The molecule has 1 amide bonds. The van der Waals surface area contributed by atoms with Gasteiger partial charge in [0.25, 0.3) is 15.9 Å². The van der Waals surface area contributed by atoms with Gasteiger partial charge in [-0.3, -0.25) is 4.79 Å². The van der Waals surface area contributed by atoms with Crippen molar-refractivity contribution in [3.63, 3.8) is 0 Å². The second-order valence-electron chi connectivity index (χ2n) is 7.81. The molecule has 0 radical (unpaired) electrons. The Morgan fingerprint density at radius 2 is 1.76 bits per heavy atom. The molecule has 2 aromatic carbocycles. The molecule has 0 aliphatic rings. The van der Waals surface area contributed by atoms with E-state index in [1.807, 2.05) is 36.6 Å². The molecule has 0 aliphatic heterocycles. The minimum absolute atomic E-state index is 0.00795. The largest absolute Gasteiger partial charge is 0.308 e. The molecule has 1 N–H and O–H groups in total. The number of hydrogen-bond acceptors (Lipinski definition) is 5. The first-order valence-electron chi connectivity index (χ1n) is 10.4.